The molecule has 0 bridgehead atoms. The molecule has 1 aliphatic heterocycles. The summed E-state index contributed by atoms with van der Waals surface area (Å²) in [5.74, 6) is 0. The maximum absolute atomic E-state index is 6.12. The van der Waals surface area contributed by atoms with Gasteiger partial charge in [0.1, 0.15) is 5.52 Å². The van der Waals surface area contributed by atoms with Gasteiger partial charge in [0.25, 0.3) is 6.01 Å². The van der Waals surface area contributed by atoms with Gasteiger partial charge in [0.05, 0.1) is 5.54 Å². The van der Waals surface area contributed by atoms with Crippen LogP contribution in [0.1, 0.15) is 37.7 Å². The molecule has 1 aromatic heterocycles. The molecule has 1 aliphatic carbocycles. The SMILES string of the molecule is Cc1ccc2oc(N3CCN(C)CC34CCCCC4)nc2c1. The molecule has 22 heavy (non-hydrogen) atoms. The molecule has 1 aromatic carbocycles. The maximum atomic E-state index is 6.12. The molecule has 2 fully saturated rings. The summed E-state index contributed by atoms with van der Waals surface area (Å²) >= 11 is 0. The summed E-state index contributed by atoms with van der Waals surface area (Å²) in [7, 11) is 2.24. The van der Waals surface area contributed by atoms with Crippen LogP contribution in [0.25, 0.3) is 11.1 Å². The Hall–Kier alpha value is -1.55. The van der Waals surface area contributed by atoms with Crippen molar-refractivity contribution in [3.05, 3.63) is 23.8 Å². The summed E-state index contributed by atoms with van der Waals surface area (Å²) in [6, 6.07) is 7.09. The highest BCUT2D eigenvalue weighted by Gasteiger charge is 2.43. The molecule has 2 aromatic rings. The van der Waals surface area contributed by atoms with E-state index >= 15 is 0 Å². The maximum Gasteiger partial charge on any atom is 0.298 e. The standard InChI is InChI=1S/C18H25N3O/c1-14-6-7-16-15(12-14)19-17(22-16)21-11-10-20(2)13-18(21)8-4-3-5-9-18/h6-7,12H,3-5,8-11,13H2,1-2H3. The van der Waals surface area contributed by atoms with Gasteiger partial charge in [-0.2, -0.15) is 4.98 Å². The Morgan fingerprint density at radius 3 is 2.77 bits per heavy atom. The zero-order valence-corrected chi connectivity index (χ0v) is 13.6. The quantitative estimate of drug-likeness (QED) is 0.805. The Labute approximate surface area is 132 Å². The monoisotopic (exact) mass is 299 g/mol. The lowest BCUT2D eigenvalue weighted by Crippen LogP contribution is -2.62. The zero-order valence-electron chi connectivity index (χ0n) is 13.6. The van der Waals surface area contributed by atoms with Crippen molar-refractivity contribution in [1.29, 1.82) is 0 Å². The van der Waals surface area contributed by atoms with Crippen molar-refractivity contribution >= 4 is 17.1 Å². The van der Waals surface area contributed by atoms with Crippen LogP contribution in [-0.2, 0) is 0 Å². The Morgan fingerprint density at radius 1 is 1.14 bits per heavy atom. The molecule has 0 N–H and O–H groups in total. The predicted octanol–water partition coefficient (Wildman–Crippen LogP) is 3.59. The second kappa shape index (κ2) is 5.27. The number of fused-ring (bicyclic) bond motifs is 1. The molecule has 1 saturated heterocycles. The number of aryl methyl sites for hydroxylation is 1. The van der Waals surface area contributed by atoms with Gasteiger partial charge in [-0.25, -0.2) is 0 Å². The molecule has 0 unspecified atom stereocenters. The summed E-state index contributed by atoms with van der Waals surface area (Å²) in [6.45, 7) is 5.33. The molecule has 0 radical (unpaired) electrons. The second-order valence-electron chi connectivity index (χ2n) is 7.14. The van der Waals surface area contributed by atoms with Gasteiger partial charge in [0, 0.05) is 19.6 Å². The Morgan fingerprint density at radius 2 is 1.95 bits per heavy atom. The van der Waals surface area contributed by atoms with Gasteiger partial charge in [-0.1, -0.05) is 25.3 Å². The first-order valence-corrected chi connectivity index (χ1v) is 8.50. The van der Waals surface area contributed by atoms with E-state index in [2.05, 4.69) is 35.9 Å². The van der Waals surface area contributed by atoms with E-state index < -0.39 is 0 Å². The van der Waals surface area contributed by atoms with Gasteiger partial charge < -0.3 is 14.2 Å². The van der Waals surface area contributed by atoms with Gasteiger partial charge in [-0.3, -0.25) is 0 Å². The van der Waals surface area contributed by atoms with Crippen molar-refractivity contribution in [3.63, 3.8) is 0 Å². The first-order valence-electron chi connectivity index (χ1n) is 8.50. The lowest BCUT2D eigenvalue weighted by molar-refractivity contribution is 0.145. The van der Waals surface area contributed by atoms with Crippen LogP contribution in [0.5, 0.6) is 0 Å². The smallest absolute Gasteiger partial charge is 0.298 e. The Bertz CT molecular complexity index is 672. The fourth-order valence-electron chi connectivity index (χ4n) is 4.25. The highest BCUT2D eigenvalue weighted by atomic mass is 16.4. The number of hydrogen-bond acceptors (Lipinski definition) is 4. The van der Waals surface area contributed by atoms with E-state index in [1.807, 2.05) is 6.07 Å². The van der Waals surface area contributed by atoms with Crippen LogP contribution >= 0.6 is 0 Å². The van der Waals surface area contributed by atoms with Gasteiger partial charge >= 0.3 is 0 Å². The van der Waals surface area contributed by atoms with Crippen LogP contribution < -0.4 is 4.90 Å². The number of anilines is 1. The third kappa shape index (κ3) is 2.30. The molecule has 0 amide bonds. The number of piperazine rings is 1. The number of rotatable bonds is 1. The van der Waals surface area contributed by atoms with E-state index in [1.165, 1.54) is 37.7 Å². The summed E-state index contributed by atoms with van der Waals surface area (Å²) < 4.78 is 6.12. The van der Waals surface area contributed by atoms with E-state index in [1.54, 1.807) is 0 Å². The molecule has 0 atom stereocenters. The zero-order chi connectivity index (χ0) is 15.2. The highest BCUT2D eigenvalue weighted by Crippen LogP contribution is 2.39. The molecular formula is C18H25N3O. The highest BCUT2D eigenvalue weighted by molar-refractivity contribution is 5.75. The first-order chi connectivity index (χ1) is 10.7. The number of oxazole rings is 1. The second-order valence-corrected chi connectivity index (χ2v) is 7.14. The van der Waals surface area contributed by atoms with Crippen molar-refractivity contribution < 1.29 is 4.42 Å². The summed E-state index contributed by atoms with van der Waals surface area (Å²) in [5, 5.41) is 0. The molecule has 1 spiro atoms. The van der Waals surface area contributed by atoms with Crippen LogP contribution in [0, 0.1) is 6.92 Å². The molecule has 4 nitrogen and oxygen atoms in total. The van der Waals surface area contributed by atoms with Crippen LogP contribution in [0.4, 0.5) is 6.01 Å². The molecular weight excluding hydrogens is 274 g/mol. The first kappa shape index (κ1) is 14.1. The lowest BCUT2D eigenvalue weighted by Gasteiger charge is -2.51. The molecule has 2 heterocycles. The normalized spacial score (nSPS) is 22.5. The molecule has 4 heteroatoms. The average Bonchev–Trinajstić information content (AvgIpc) is 2.90. The fourth-order valence-corrected chi connectivity index (χ4v) is 4.25. The summed E-state index contributed by atoms with van der Waals surface area (Å²) in [4.78, 5) is 9.75. The van der Waals surface area contributed by atoms with Gasteiger partial charge in [-0.05, 0) is 44.5 Å². The van der Waals surface area contributed by atoms with E-state index in [0.717, 1.165) is 36.7 Å². The van der Waals surface area contributed by atoms with E-state index in [4.69, 9.17) is 9.40 Å². The Balaban J connectivity index is 1.73. The molecule has 1 saturated carbocycles. The van der Waals surface area contributed by atoms with Crippen LogP contribution in [-0.4, -0.2) is 42.1 Å². The van der Waals surface area contributed by atoms with E-state index in [-0.39, 0.29) is 5.54 Å². The topological polar surface area (TPSA) is 32.5 Å². The molecule has 118 valence electrons. The lowest BCUT2D eigenvalue weighted by atomic mass is 9.79. The molecule has 2 aliphatic rings. The van der Waals surface area contributed by atoms with E-state index in [9.17, 15) is 0 Å². The number of nitrogens with zero attached hydrogens (tertiary/aromatic N) is 3. The van der Waals surface area contributed by atoms with Crippen molar-refractivity contribution in [2.24, 2.45) is 0 Å². The molecule has 4 rings (SSSR count). The van der Waals surface area contributed by atoms with E-state index in [0.29, 0.717) is 0 Å². The number of hydrogen-bond donors (Lipinski definition) is 0. The van der Waals surface area contributed by atoms with Crippen LogP contribution in [0.15, 0.2) is 22.6 Å². The number of benzene rings is 1. The largest absolute Gasteiger partial charge is 0.423 e. The minimum Gasteiger partial charge on any atom is -0.423 e. The number of aromatic nitrogens is 1. The third-order valence-corrected chi connectivity index (χ3v) is 5.39. The minimum atomic E-state index is 0.223. The van der Waals surface area contributed by atoms with Crippen molar-refractivity contribution in [2.75, 3.05) is 31.6 Å². The van der Waals surface area contributed by atoms with Crippen molar-refractivity contribution in [3.8, 4) is 0 Å². The number of likely N-dealkylation sites (N-methyl/N-ethyl adjacent to an activating group) is 1. The van der Waals surface area contributed by atoms with Gasteiger partial charge in [-0.15, -0.1) is 0 Å². The third-order valence-electron chi connectivity index (χ3n) is 5.39. The average molecular weight is 299 g/mol. The van der Waals surface area contributed by atoms with Gasteiger partial charge in [0.2, 0.25) is 0 Å². The van der Waals surface area contributed by atoms with Crippen molar-refractivity contribution in [1.82, 2.24) is 9.88 Å². The fraction of sp³-hybridized carbons (Fsp3) is 0.611. The van der Waals surface area contributed by atoms with Crippen LogP contribution in [0.2, 0.25) is 0 Å². The van der Waals surface area contributed by atoms with Crippen molar-refractivity contribution in [2.45, 2.75) is 44.6 Å². The minimum absolute atomic E-state index is 0.223. The Kier molecular flexibility index (Phi) is 3.37. The van der Waals surface area contributed by atoms with Crippen LogP contribution in [0.3, 0.4) is 0 Å². The van der Waals surface area contributed by atoms with Gasteiger partial charge in [0.15, 0.2) is 5.58 Å². The summed E-state index contributed by atoms with van der Waals surface area (Å²) in [5.41, 5.74) is 3.35. The summed E-state index contributed by atoms with van der Waals surface area (Å²) in [6.07, 6.45) is 6.53. The predicted molar refractivity (Wildman–Crippen MR) is 89.4 cm³/mol.